The number of amides is 1. The van der Waals surface area contributed by atoms with E-state index in [2.05, 4.69) is 0 Å². The maximum absolute atomic E-state index is 13.7. The molecule has 1 aromatic rings. The van der Waals surface area contributed by atoms with Crippen LogP contribution in [0.5, 0.6) is 0 Å². The van der Waals surface area contributed by atoms with Crippen LogP contribution in [0.2, 0.25) is 0 Å². The van der Waals surface area contributed by atoms with Crippen LogP contribution in [0.1, 0.15) is 30.1 Å². The molecule has 0 spiro atoms. The molecule has 0 bridgehead atoms. The third-order valence-corrected chi connectivity index (χ3v) is 5.28. The fraction of sp³-hybridized carbons (Fsp3) is 0.500. The number of halogens is 2. The first-order valence-electron chi connectivity index (χ1n) is 6.80. The van der Waals surface area contributed by atoms with Crippen molar-refractivity contribution in [1.29, 1.82) is 0 Å². The molecule has 1 aliphatic heterocycles. The van der Waals surface area contributed by atoms with Gasteiger partial charge in [0, 0.05) is 12.6 Å². The summed E-state index contributed by atoms with van der Waals surface area (Å²) < 4.78 is 50.1. The van der Waals surface area contributed by atoms with E-state index < -0.39 is 33.4 Å². The maximum atomic E-state index is 13.7. The molecule has 0 saturated carbocycles. The smallest absolute Gasteiger partial charge is 0.257 e. The predicted octanol–water partition coefficient (Wildman–Crippen LogP) is 2.00. The summed E-state index contributed by atoms with van der Waals surface area (Å²) in [4.78, 5) is 13.8. The Morgan fingerprint density at radius 1 is 1.38 bits per heavy atom. The average Bonchev–Trinajstić information content (AvgIpc) is 2.78. The number of benzene rings is 1. The molecule has 7 heteroatoms. The first-order valence-corrected chi connectivity index (χ1v) is 8.62. The molecule has 2 rings (SSSR count). The standard InChI is InChI=1S/C14H17F2NO3S/c1-2-6-17(11-5-7-21(19,20)9-11)14(18)12-8-10(15)3-4-13(12)16/h3-4,8,11H,2,5-7,9H2,1H3. The Bertz CT molecular complexity index is 646. The Morgan fingerprint density at radius 2 is 2.10 bits per heavy atom. The lowest BCUT2D eigenvalue weighted by Crippen LogP contribution is -2.42. The highest BCUT2D eigenvalue weighted by Crippen LogP contribution is 2.21. The van der Waals surface area contributed by atoms with E-state index in [1.54, 1.807) is 0 Å². The number of hydrogen-bond donors (Lipinski definition) is 0. The fourth-order valence-electron chi connectivity index (χ4n) is 2.53. The summed E-state index contributed by atoms with van der Waals surface area (Å²) in [6, 6.07) is 2.23. The molecular formula is C14H17F2NO3S. The second kappa shape index (κ2) is 6.09. The fourth-order valence-corrected chi connectivity index (χ4v) is 4.26. The van der Waals surface area contributed by atoms with Gasteiger partial charge in [-0.2, -0.15) is 0 Å². The van der Waals surface area contributed by atoms with Crippen LogP contribution in [-0.4, -0.2) is 43.3 Å². The summed E-state index contributed by atoms with van der Waals surface area (Å²) in [6.07, 6.45) is 0.949. The van der Waals surface area contributed by atoms with Gasteiger partial charge in [-0.3, -0.25) is 4.79 Å². The Kier molecular flexibility index (Phi) is 4.61. The minimum Gasteiger partial charge on any atom is -0.335 e. The van der Waals surface area contributed by atoms with E-state index in [1.807, 2.05) is 6.92 Å². The third kappa shape index (κ3) is 3.58. The summed E-state index contributed by atoms with van der Waals surface area (Å²) in [5, 5.41) is 0. The molecule has 116 valence electrons. The summed E-state index contributed by atoms with van der Waals surface area (Å²) in [6.45, 7) is 2.15. The summed E-state index contributed by atoms with van der Waals surface area (Å²) >= 11 is 0. The van der Waals surface area contributed by atoms with Gasteiger partial charge in [0.25, 0.3) is 5.91 Å². The minimum absolute atomic E-state index is 0.0246. The van der Waals surface area contributed by atoms with Crippen LogP contribution in [0.25, 0.3) is 0 Å². The second-order valence-corrected chi connectivity index (χ2v) is 7.41. The minimum atomic E-state index is -3.15. The van der Waals surface area contributed by atoms with Gasteiger partial charge in [-0.15, -0.1) is 0 Å². The highest BCUT2D eigenvalue weighted by atomic mass is 32.2. The zero-order chi connectivity index (χ0) is 15.6. The lowest BCUT2D eigenvalue weighted by atomic mass is 10.1. The molecule has 1 atom stereocenters. The van der Waals surface area contributed by atoms with Gasteiger partial charge in [-0.1, -0.05) is 6.92 Å². The second-order valence-electron chi connectivity index (χ2n) is 5.18. The number of carbonyl (C=O) groups excluding carboxylic acids is 1. The topological polar surface area (TPSA) is 54.5 Å². The van der Waals surface area contributed by atoms with Crippen LogP contribution >= 0.6 is 0 Å². The zero-order valence-corrected chi connectivity index (χ0v) is 12.5. The monoisotopic (exact) mass is 317 g/mol. The van der Waals surface area contributed by atoms with Crippen molar-refractivity contribution in [1.82, 2.24) is 4.90 Å². The van der Waals surface area contributed by atoms with Crippen LogP contribution in [0.4, 0.5) is 8.78 Å². The van der Waals surface area contributed by atoms with E-state index in [4.69, 9.17) is 0 Å². The van der Waals surface area contributed by atoms with Gasteiger partial charge >= 0.3 is 0 Å². The van der Waals surface area contributed by atoms with Crippen LogP contribution < -0.4 is 0 Å². The van der Waals surface area contributed by atoms with Gasteiger partial charge in [0.2, 0.25) is 0 Å². The van der Waals surface area contributed by atoms with Crippen molar-refractivity contribution in [3.8, 4) is 0 Å². The third-order valence-electron chi connectivity index (χ3n) is 3.53. The predicted molar refractivity (Wildman–Crippen MR) is 74.7 cm³/mol. The van der Waals surface area contributed by atoms with Crippen molar-refractivity contribution in [2.45, 2.75) is 25.8 Å². The van der Waals surface area contributed by atoms with Gasteiger partial charge in [0.15, 0.2) is 9.84 Å². The largest absolute Gasteiger partial charge is 0.335 e. The SMILES string of the molecule is CCCN(C(=O)c1cc(F)ccc1F)C1CCS(=O)(=O)C1. The molecule has 21 heavy (non-hydrogen) atoms. The molecule has 1 fully saturated rings. The summed E-state index contributed by atoms with van der Waals surface area (Å²) in [5.74, 6) is -2.25. The lowest BCUT2D eigenvalue weighted by molar-refractivity contribution is 0.0691. The normalized spacial score (nSPS) is 20.4. The summed E-state index contributed by atoms with van der Waals surface area (Å²) in [5.41, 5.74) is -0.354. The number of nitrogens with zero attached hydrogens (tertiary/aromatic N) is 1. The highest BCUT2D eigenvalue weighted by molar-refractivity contribution is 7.91. The number of hydrogen-bond acceptors (Lipinski definition) is 3. The van der Waals surface area contributed by atoms with Crippen molar-refractivity contribution >= 4 is 15.7 Å². The summed E-state index contributed by atoms with van der Waals surface area (Å²) in [7, 11) is -3.15. The molecule has 4 nitrogen and oxygen atoms in total. The number of sulfone groups is 1. The quantitative estimate of drug-likeness (QED) is 0.853. The van der Waals surface area contributed by atoms with E-state index in [1.165, 1.54) is 4.90 Å². The Morgan fingerprint density at radius 3 is 2.67 bits per heavy atom. The zero-order valence-electron chi connectivity index (χ0n) is 11.7. The van der Waals surface area contributed by atoms with Crippen LogP contribution in [0, 0.1) is 11.6 Å². The maximum Gasteiger partial charge on any atom is 0.257 e. The Balaban J connectivity index is 2.30. The number of rotatable bonds is 4. The van der Waals surface area contributed by atoms with E-state index in [9.17, 15) is 22.0 Å². The van der Waals surface area contributed by atoms with Gasteiger partial charge in [-0.05, 0) is 31.0 Å². The van der Waals surface area contributed by atoms with Crippen LogP contribution in [0.15, 0.2) is 18.2 Å². The lowest BCUT2D eigenvalue weighted by Gasteiger charge is -2.28. The Hall–Kier alpha value is -1.50. The Labute approximate surface area is 122 Å². The molecule has 1 aromatic carbocycles. The van der Waals surface area contributed by atoms with E-state index in [0.717, 1.165) is 18.2 Å². The molecule has 1 unspecified atom stereocenters. The van der Waals surface area contributed by atoms with Crippen molar-refractivity contribution < 1.29 is 22.0 Å². The molecule has 1 heterocycles. The van der Waals surface area contributed by atoms with Crippen LogP contribution in [0.3, 0.4) is 0 Å². The van der Waals surface area contributed by atoms with Gasteiger partial charge in [0.05, 0.1) is 17.1 Å². The molecule has 0 N–H and O–H groups in total. The molecule has 0 radical (unpaired) electrons. The van der Waals surface area contributed by atoms with Crippen molar-refractivity contribution in [3.05, 3.63) is 35.4 Å². The molecular weight excluding hydrogens is 300 g/mol. The van der Waals surface area contributed by atoms with Crippen molar-refractivity contribution in [2.75, 3.05) is 18.1 Å². The van der Waals surface area contributed by atoms with Crippen molar-refractivity contribution in [3.63, 3.8) is 0 Å². The van der Waals surface area contributed by atoms with E-state index >= 15 is 0 Å². The average molecular weight is 317 g/mol. The van der Waals surface area contributed by atoms with Gasteiger partial charge in [0.1, 0.15) is 11.6 Å². The molecule has 0 aromatic heterocycles. The molecule has 1 amide bonds. The first kappa shape index (κ1) is 15.9. The highest BCUT2D eigenvalue weighted by Gasteiger charge is 2.35. The van der Waals surface area contributed by atoms with Crippen LogP contribution in [-0.2, 0) is 9.84 Å². The first-order chi connectivity index (χ1) is 9.84. The molecule has 0 aliphatic carbocycles. The molecule has 1 saturated heterocycles. The number of carbonyl (C=O) groups is 1. The van der Waals surface area contributed by atoms with Gasteiger partial charge in [-0.25, -0.2) is 17.2 Å². The van der Waals surface area contributed by atoms with Crippen molar-refractivity contribution in [2.24, 2.45) is 0 Å². The van der Waals surface area contributed by atoms with E-state index in [0.29, 0.717) is 19.4 Å². The molecule has 1 aliphatic rings. The van der Waals surface area contributed by atoms with Gasteiger partial charge < -0.3 is 4.90 Å². The van der Waals surface area contributed by atoms with E-state index in [-0.39, 0.29) is 17.1 Å².